The molecule has 6 nitrogen and oxygen atoms in total. The number of nitrogens with one attached hydrogen (secondary N) is 1. The van der Waals surface area contributed by atoms with Crippen molar-refractivity contribution < 1.29 is 4.79 Å². The fourth-order valence-electron chi connectivity index (χ4n) is 3.67. The smallest absolute Gasteiger partial charge is 0.230 e. The van der Waals surface area contributed by atoms with Crippen LogP contribution in [0.1, 0.15) is 25.8 Å². The van der Waals surface area contributed by atoms with Crippen LogP contribution in [0, 0.1) is 6.92 Å². The van der Waals surface area contributed by atoms with E-state index in [1.165, 1.54) is 17.3 Å². The highest BCUT2D eigenvalue weighted by Crippen LogP contribution is 2.33. The topological polar surface area (TPSA) is 72.7 Å². The Balaban J connectivity index is 1.75. The zero-order valence-corrected chi connectivity index (χ0v) is 20.6. The molecule has 1 unspecified atom stereocenters. The quantitative estimate of drug-likeness (QED) is 0.252. The normalized spacial score (nSPS) is 12.0. The van der Waals surface area contributed by atoms with E-state index in [4.69, 9.17) is 4.98 Å². The molecule has 34 heavy (non-hydrogen) atoms. The SMILES string of the molecule is C=CCn1c(SCC(=O)NC(C)CC)nnc1-c1cc(-c2ccc(C)cc2)nc2ccccc12. The summed E-state index contributed by atoms with van der Waals surface area (Å²) in [6.07, 6.45) is 2.71. The third-order valence-corrected chi connectivity index (χ3v) is 6.65. The summed E-state index contributed by atoms with van der Waals surface area (Å²) in [5.41, 5.74) is 4.97. The molecule has 1 N–H and O–H groups in total. The first-order chi connectivity index (χ1) is 16.5. The molecular weight excluding hydrogens is 442 g/mol. The largest absolute Gasteiger partial charge is 0.353 e. The minimum Gasteiger partial charge on any atom is -0.353 e. The number of nitrogens with zero attached hydrogens (tertiary/aromatic N) is 4. The molecule has 1 atom stereocenters. The Morgan fingerprint density at radius 3 is 2.68 bits per heavy atom. The average Bonchev–Trinajstić information content (AvgIpc) is 3.25. The van der Waals surface area contributed by atoms with Gasteiger partial charge in [-0.1, -0.05) is 72.8 Å². The number of amides is 1. The highest BCUT2D eigenvalue weighted by atomic mass is 32.2. The number of carbonyl (C=O) groups excluding carboxylic acids is 1. The van der Waals surface area contributed by atoms with Gasteiger partial charge in [0.1, 0.15) is 0 Å². The van der Waals surface area contributed by atoms with Gasteiger partial charge >= 0.3 is 0 Å². The Morgan fingerprint density at radius 2 is 1.94 bits per heavy atom. The summed E-state index contributed by atoms with van der Waals surface area (Å²) in [4.78, 5) is 17.2. The van der Waals surface area contributed by atoms with Crippen LogP contribution in [0.15, 0.2) is 72.4 Å². The number of benzene rings is 2. The van der Waals surface area contributed by atoms with Gasteiger partial charge in [0.25, 0.3) is 0 Å². The van der Waals surface area contributed by atoms with Gasteiger partial charge in [0.05, 0.1) is 17.0 Å². The predicted molar refractivity (Wildman–Crippen MR) is 140 cm³/mol. The lowest BCUT2D eigenvalue weighted by molar-refractivity contribution is -0.119. The van der Waals surface area contributed by atoms with Gasteiger partial charge in [0.15, 0.2) is 11.0 Å². The van der Waals surface area contributed by atoms with Crippen LogP contribution >= 0.6 is 11.8 Å². The average molecular weight is 472 g/mol. The van der Waals surface area contributed by atoms with Crippen molar-refractivity contribution in [2.75, 3.05) is 5.75 Å². The highest BCUT2D eigenvalue weighted by molar-refractivity contribution is 7.99. The van der Waals surface area contributed by atoms with Crippen molar-refractivity contribution in [3.05, 3.63) is 72.8 Å². The van der Waals surface area contributed by atoms with Crippen molar-refractivity contribution in [3.8, 4) is 22.6 Å². The minimum absolute atomic E-state index is 0.00919. The monoisotopic (exact) mass is 471 g/mol. The van der Waals surface area contributed by atoms with Crippen LogP contribution in [0.2, 0.25) is 0 Å². The first kappa shape index (κ1) is 23.7. The number of hydrogen-bond acceptors (Lipinski definition) is 5. The zero-order chi connectivity index (χ0) is 24.1. The van der Waals surface area contributed by atoms with Gasteiger partial charge in [-0.3, -0.25) is 9.36 Å². The second-order valence-corrected chi connectivity index (χ2v) is 9.25. The van der Waals surface area contributed by atoms with E-state index in [2.05, 4.69) is 72.3 Å². The summed E-state index contributed by atoms with van der Waals surface area (Å²) >= 11 is 1.38. The Bertz CT molecular complexity index is 1310. The van der Waals surface area contributed by atoms with Gasteiger partial charge in [-0.15, -0.1) is 16.8 Å². The van der Waals surface area contributed by atoms with E-state index in [1.54, 1.807) is 0 Å². The van der Waals surface area contributed by atoms with E-state index in [-0.39, 0.29) is 17.7 Å². The van der Waals surface area contributed by atoms with E-state index in [0.717, 1.165) is 40.0 Å². The zero-order valence-electron chi connectivity index (χ0n) is 19.8. The number of para-hydroxylation sites is 1. The third-order valence-electron chi connectivity index (χ3n) is 5.69. The number of allylic oxidation sites excluding steroid dienone is 1. The predicted octanol–water partition coefficient (Wildman–Crippen LogP) is 5.66. The van der Waals surface area contributed by atoms with Crippen molar-refractivity contribution in [3.63, 3.8) is 0 Å². The standard InChI is InChI=1S/C27H29N5OS/c1-5-15-32-26(30-31-27(32)34-17-25(33)28-19(4)6-2)22-16-24(20-13-11-18(3)12-14-20)29-23-10-8-7-9-21(22)23/h5,7-14,16,19H,1,6,15,17H2,2-4H3,(H,28,33). The van der Waals surface area contributed by atoms with E-state index in [1.807, 2.05) is 35.8 Å². The Hall–Kier alpha value is -3.45. The fraction of sp³-hybridized carbons (Fsp3) is 0.259. The maximum absolute atomic E-state index is 12.3. The second kappa shape index (κ2) is 10.7. The summed E-state index contributed by atoms with van der Waals surface area (Å²) in [7, 11) is 0. The molecule has 0 radical (unpaired) electrons. The Morgan fingerprint density at radius 1 is 1.18 bits per heavy atom. The van der Waals surface area contributed by atoms with Gasteiger partial charge in [0, 0.05) is 29.1 Å². The lowest BCUT2D eigenvalue weighted by Gasteiger charge is -2.13. The maximum Gasteiger partial charge on any atom is 0.230 e. The number of aromatic nitrogens is 4. The van der Waals surface area contributed by atoms with Crippen LogP contribution < -0.4 is 5.32 Å². The molecule has 0 bridgehead atoms. The molecule has 4 aromatic rings. The third kappa shape index (κ3) is 5.20. The number of thioether (sulfide) groups is 1. The van der Waals surface area contributed by atoms with Crippen LogP contribution in [-0.2, 0) is 11.3 Å². The fourth-order valence-corrected chi connectivity index (χ4v) is 4.43. The van der Waals surface area contributed by atoms with Crippen molar-refractivity contribution >= 4 is 28.6 Å². The molecule has 2 aromatic carbocycles. The first-order valence-corrected chi connectivity index (χ1v) is 12.4. The molecule has 0 fully saturated rings. The lowest BCUT2D eigenvalue weighted by atomic mass is 10.0. The van der Waals surface area contributed by atoms with Gasteiger partial charge < -0.3 is 5.32 Å². The molecule has 0 aliphatic carbocycles. The second-order valence-electron chi connectivity index (χ2n) is 8.31. The van der Waals surface area contributed by atoms with Crippen LogP contribution in [-0.4, -0.2) is 37.5 Å². The first-order valence-electron chi connectivity index (χ1n) is 11.4. The molecule has 0 aliphatic rings. The number of fused-ring (bicyclic) bond motifs is 1. The van der Waals surface area contributed by atoms with E-state index < -0.39 is 0 Å². The molecular formula is C27H29N5OS. The molecule has 4 rings (SSSR count). The van der Waals surface area contributed by atoms with Gasteiger partial charge in [-0.2, -0.15) is 0 Å². The number of carbonyl (C=O) groups is 1. The van der Waals surface area contributed by atoms with Crippen molar-refractivity contribution in [1.29, 1.82) is 0 Å². The molecule has 0 spiro atoms. The number of rotatable bonds is 9. The molecule has 174 valence electrons. The van der Waals surface area contributed by atoms with E-state index in [9.17, 15) is 4.79 Å². The maximum atomic E-state index is 12.3. The molecule has 1 amide bonds. The van der Waals surface area contributed by atoms with E-state index >= 15 is 0 Å². The van der Waals surface area contributed by atoms with Gasteiger partial charge in [-0.25, -0.2) is 4.98 Å². The molecule has 7 heteroatoms. The molecule has 0 aliphatic heterocycles. The molecule has 2 heterocycles. The van der Waals surface area contributed by atoms with Crippen molar-refractivity contribution in [1.82, 2.24) is 25.1 Å². The van der Waals surface area contributed by atoms with Crippen molar-refractivity contribution in [2.45, 2.75) is 44.9 Å². The highest BCUT2D eigenvalue weighted by Gasteiger charge is 2.19. The van der Waals surface area contributed by atoms with Crippen LogP contribution in [0.25, 0.3) is 33.5 Å². The Labute approximate surface area is 204 Å². The summed E-state index contributed by atoms with van der Waals surface area (Å²) in [6.45, 7) is 10.6. The molecule has 2 aromatic heterocycles. The lowest BCUT2D eigenvalue weighted by Crippen LogP contribution is -2.33. The summed E-state index contributed by atoms with van der Waals surface area (Å²) in [6, 6.07) is 18.6. The number of aryl methyl sites for hydroxylation is 1. The van der Waals surface area contributed by atoms with Crippen molar-refractivity contribution in [2.24, 2.45) is 0 Å². The van der Waals surface area contributed by atoms with Crippen LogP contribution in [0.5, 0.6) is 0 Å². The summed E-state index contributed by atoms with van der Waals surface area (Å²) in [5.74, 6) is 1.01. The minimum atomic E-state index is -0.00919. The van der Waals surface area contributed by atoms with Gasteiger partial charge in [0.2, 0.25) is 5.91 Å². The Kier molecular flexibility index (Phi) is 7.43. The van der Waals surface area contributed by atoms with Crippen LogP contribution in [0.4, 0.5) is 0 Å². The molecule has 0 saturated heterocycles. The number of hydrogen-bond donors (Lipinski definition) is 1. The van der Waals surface area contributed by atoms with Crippen LogP contribution in [0.3, 0.4) is 0 Å². The van der Waals surface area contributed by atoms with E-state index in [0.29, 0.717) is 11.7 Å². The number of pyridine rings is 1. The summed E-state index contributed by atoms with van der Waals surface area (Å²) in [5, 5.41) is 13.7. The molecule has 0 saturated carbocycles. The summed E-state index contributed by atoms with van der Waals surface area (Å²) < 4.78 is 2.01. The van der Waals surface area contributed by atoms with Gasteiger partial charge in [-0.05, 0) is 32.4 Å².